The fraction of sp³-hybridized carbons (Fsp3) is 0.680. The number of carbonyl (C=O) groups excluding carboxylic acids is 2. The van der Waals surface area contributed by atoms with E-state index >= 15 is 0 Å². The fourth-order valence-corrected chi connectivity index (χ4v) is 6.15. The second-order valence-electron chi connectivity index (χ2n) is 10.6. The van der Waals surface area contributed by atoms with Crippen molar-refractivity contribution in [3.8, 4) is 0 Å². The standard InChI is InChI=1S/C25H36FN3O3/c1-14(23(31)27-17-7-8-17)19-9-11-25(3)12-10-20(15(2)21(25)22(19)30)29-24(32)28-18-6-4-5-16(26)13-18/h4-6,13-15,17,19-22,30H,7-12H2,1-3H3,(H,27,31)(H2,28,29,32)/t14-,15-,19-,20-,21+,22-,25+/m0/s1. The number of aliphatic hydroxyl groups is 1. The van der Waals surface area contributed by atoms with E-state index in [-0.39, 0.29) is 47.1 Å². The zero-order valence-electron chi connectivity index (χ0n) is 19.2. The number of nitrogens with one attached hydrogen (secondary N) is 3. The molecule has 6 nitrogen and oxygen atoms in total. The molecule has 3 aliphatic rings. The third-order valence-corrected chi connectivity index (χ3v) is 8.27. The topological polar surface area (TPSA) is 90.5 Å². The van der Waals surface area contributed by atoms with Crippen LogP contribution in [0.5, 0.6) is 0 Å². The molecule has 0 unspecified atom stereocenters. The maximum absolute atomic E-state index is 13.4. The van der Waals surface area contributed by atoms with Gasteiger partial charge in [-0.25, -0.2) is 9.18 Å². The zero-order valence-corrected chi connectivity index (χ0v) is 19.2. The first-order chi connectivity index (χ1) is 15.2. The zero-order chi connectivity index (χ0) is 23.0. The molecule has 0 radical (unpaired) electrons. The molecule has 3 amide bonds. The molecule has 3 fully saturated rings. The van der Waals surface area contributed by atoms with Gasteiger partial charge >= 0.3 is 6.03 Å². The highest BCUT2D eigenvalue weighted by Crippen LogP contribution is 2.55. The van der Waals surface area contributed by atoms with Crippen LogP contribution in [0.4, 0.5) is 14.9 Å². The minimum Gasteiger partial charge on any atom is -0.392 e. The Bertz CT molecular complexity index is 861. The Morgan fingerprint density at radius 2 is 1.88 bits per heavy atom. The van der Waals surface area contributed by atoms with E-state index in [0.29, 0.717) is 11.7 Å². The number of anilines is 1. The van der Waals surface area contributed by atoms with Crippen LogP contribution >= 0.6 is 0 Å². The molecule has 0 saturated heterocycles. The van der Waals surface area contributed by atoms with Gasteiger partial charge in [0, 0.05) is 23.7 Å². The Morgan fingerprint density at radius 3 is 2.56 bits per heavy atom. The predicted molar refractivity (Wildman–Crippen MR) is 121 cm³/mol. The summed E-state index contributed by atoms with van der Waals surface area (Å²) in [5.74, 6) is -0.594. The van der Waals surface area contributed by atoms with E-state index in [1.807, 2.05) is 6.92 Å². The summed E-state index contributed by atoms with van der Waals surface area (Å²) in [6.07, 6.45) is 5.09. The van der Waals surface area contributed by atoms with E-state index in [2.05, 4.69) is 29.8 Å². The van der Waals surface area contributed by atoms with Gasteiger partial charge in [0.1, 0.15) is 5.82 Å². The highest BCUT2D eigenvalue weighted by Gasteiger charge is 2.54. The Hall–Kier alpha value is -2.15. The summed E-state index contributed by atoms with van der Waals surface area (Å²) >= 11 is 0. The molecule has 0 heterocycles. The first-order valence-electron chi connectivity index (χ1n) is 12.0. The Labute approximate surface area is 189 Å². The minimum absolute atomic E-state index is 0.000757. The molecule has 1 aromatic carbocycles. The van der Waals surface area contributed by atoms with Crippen LogP contribution in [-0.2, 0) is 4.79 Å². The second-order valence-corrected chi connectivity index (χ2v) is 10.6. The van der Waals surface area contributed by atoms with Gasteiger partial charge in [-0.05, 0) is 79.9 Å². The Kier molecular flexibility index (Phi) is 6.48. The molecule has 0 spiro atoms. The van der Waals surface area contributed by atoms with E-state index in [1.54, 1.807) is 12.1 Å². The average molecular weight is 446 g/mol. The summed E-state index contributed by atoms with van der Waals surface area (Å²) in [6.45, 7) is 6.27. The maximum Gasteiger partial charge on any atom is 0.319 e. The number of fused-ring (bicyclic) bond motifs is 1. The smallest absolute Gasteiger partial charge is 0.319 e. The van der Waals surface area contributed by atoms with Gasteiger partial charge in [0.15, 0.2) is 0 Å². The van der Waals surface area contributed by atoms with Gasteiger partial charge in [-0.1, -0.05) is 26.8 Å². The number of hydrogen-bond donors (Lipinski definition) is 4. The fourth-order valence-electron chi connectivity index (χ4n) is 6.15. The highest BCUT2D eigenvalue weighted by atomic mass is 19.1. The lowest BCUT2D eigenvalue weighted by Gasteiger charge is -2.56. The van der Waals surface area contributed by atoms with Crippen molar-refractivity contribution < 1.29 is 19.1 Å². The van der Waals surface area contributed by atoms with Crippen LogP contribution in [-0.4, -0.2) is 35.2 Å². The second kappa shape index (κ2) is 9.00. The molecule has 1 aromatic rings. The van der Waals surface area contributed by atoms with Gasteiger partial charge in [-0.15, -0.1) is 0 Å². The number of urea groups is 1. The third-order valence-electron chi connectivity index (χ3n) is 8.27. The van der Waals surface area contributed by atoms with Crippen molar-refractivity contribution in [2.75, 3.05) is 5.32 Å². The highest BCUT2D eigenvalue weighted by molar-refractivity contribution is 5.89. The third kappa shape index (κ3) is 4.77. The van der Waals surface area contributed by atoms with E-state index < -0.39 is 11.9 Å². The van der Waals surface area contributed by atoms with Gasteiger partial charge in [-0.3, -0.25) is 4.79 Å². The van der Waals surface area contributed by atoms with Gasteiger partial charge in [0.25, 0.3) is 0 Å². The normalized spacial score (nSPS) is 35.3. The Morgan fingerprint density at radius 1 is 1.16 bits per heavy atom. The molecule has 3 aliphatic carbocycles. The number of rotatable bonds is 5. The number of halogens is 1. The largest absolute Gasteiger partial charge is 0.392 e. The molecule has 0 aliphatic heterocycles. The molecule has 0 bridgehead atoms. The van der Waals surface area contributed by atoms with Gasteiger partial charge < -0.3 is 21.1 Å². The van der Waals surface area contributed by atoms with Crippen molar-refractivity contribution in [2.24, 2.45) is 29.1 Å². The van der Waals surface area contributed by atoms with Crippen molar-refractivity contribution >= 4 is 17.6 Å². The monoisotopic (exact) mass is 445 g/mol. The summed E-state index contributed by atoms with van der Waals surface area (Å²) < 4.78 is 13.4. The summed E-state index contributed by atoms with van der Waals surface area (Å²) in [5, 5.41) is 20.3. The van der Waals surface area contributed by atoms with Gasteiger partial charge in [0.2, 0.25) is 5.91 Å². The van der Waals surface area contributed by atoms with Crippen molar-refractivity contribution in [1.29, 1.82) is 0 Å². The quantitative estimate of drug-likeness (QED) is 0.551. The van der Waals surface area contributed by atoms with Crippen LogP contribution in [0.25, 0.3) is 0 Å². The first kappa shape index (κ1) is 23.0. The van der Waals surface area contributed by atoms with E-state index in [1.165, 1.54) is 12.1 Å². The lowest BCUT2D eigenvalue weighted by Crippen LogP contribution is -2.59. The molecule has 4 rings (SSSR count). The number of benzene rings is 1. The SMILES string of the molecule is C[C@@H]1[C@@H]2[C@@H](O)[C@H]([C@H](C)C(=O)NC3CC3)CC[C@]2(C)CC[C@@H]1NC(=O)Nc1cccc(F)c1. The van der Waals surface area contributed by atoms with Crippen LogP contribution in [0.2, 0.25) is 0 Å². The van der Waals surface area contributed by atoms with Gasteiger partial charge in [0.05, 0.1) is 6.10 Å². The summed E-state index contributed by atoms with van der Waals surface area (Å²) in [4.78, 5) is 25.2. The molecule has 7 heteroatoms. The molecule has 176 valence electrons. The van der Waals surface area contributed by atoms with Crippen molar-refractivity contribution in [2.45, 2.75) is 77.5 Å². The first-order valence-corrected chi connectivity index (χ1v) is 12.0. The number of amides is 3. The van der Waals surface area contributed by atoms with E-state index in [9.17, 15) is 19.1 Å². The number of carbonyl (C=O) groups is 2. The molecular weight excluding hydrogens is 409 g/mol. The van der Waals surface area contributed by atoms with E-state index in [0.717, 1.165) is 38.5 Å². The van der Waals surface area contributed by atoms with Crippen LogP contribution in [0.3, 0.4) is 0 Å². The minimum atomic E-state index is -0.584. The Balaban J connectivity index is 1.42. The van der Waals surface area contributed by atoms with Crippen LogP contribution in [0.15, 0.2) is 24.3 Å². The predicted octanol–water partition coefficient (Wildman–Crippen LogP) is 4.05. The van der Waals surface area contributed by atoms with Crippen LogP contribution in [0.1, 0.15) is 59.3 Å². The summed E-state index contributed by atoms with van der Waals surface area (Å²) in [6, 6.07) is 5.67. The molecule has 7 atom stereocenters. The number of hydrogen-bond acceptors (Lipinski definition) is 3. The molecule has 0 aromatic heterocycles. The lowest BCUT2D eigenvalue weighted by atomic mass is 9.52. The summed E-state index contributed by atoms with van der Waals surface area (Å²) in [5.41, 5.74) is 0.406. The van der Waals surface area contributed by atoms with Crippen LogP contribution in [0, 0.1) is 34.9 Å². The van der Waals surface area contributed by atoms with E-state index in [4.69, 9.17) is 0 Å². The van der Waals surface area contributed by atoms with Crippen molar-refractivity contribution in [3.63, 3.8) is 0 Å². The molecule has 4 N–H and O–H groups in total. The molecule has 3 saturated carbocycles. The molecule has 32 heavy (non-hydrogen) atoms. The van der Waals surface area contributed by atoms with Crippen molar-refractivity contribution in [3.05, 3.63) is 30.1 Å². The molecular formula is C25H36FN3O3. The lowest BCUT2D eigenvalue weighted by molar-refractivity contribution is -0.142. The van der Waals surface area contributed by atoms with Crippen LogP contribution < -0.4 is 16.0 Å². The van der Waals surface area contributed by atoms with Gasteiger partial charge in [-0.2, -0.15) is 0 Å². The maximum atomic E-state index is 13.4. The summed E-state index contributed by atoms with van der Waals surface area (Å²) in [7, 11) is 0. The number of aliphatic hydroxyl groups excluding tert-OH is 1. The average Bonchev–Trinajstić information content (AvgIpc) is 3.54. The van der Waals surface area contributed by atoms with Crippen molar-refractivity contribution in [1.82, 2.24) is 10.6 Å².